The monoisotopic (exact) mass is 433 g/mol. The molecule has 0 saturated heterocycles. The Labute approximate surface area is 193 Å². The lowest BCUT2D eigenvalue weighted by Gasteiger charge is -2.28. The van der Waals surface area contributed by atoms with Crippen molar-refractivity contribution >= 4 is 11.9 Å². The van der Waals surface area contributed by atoms with E-state index < -0.39 is 0 Å². The van der Waals surface area contributed by atoms with Gasteiger partial charge in [0.15, 0.2) is 0 Å². The molecule has 0 radical (unpaired) electrons. The van der Waals surface area contributed by atoms with Gasteiger partial charge in [0.05, 0.1) is 0 Å². The molecule has 0 bridgehead atoms. The van der Waals surface area contributed by atoms with Gasteiger partial charge in [-0.1, -0.05) is 69.2 Å². The first kappa shape index (κ1) is 27.6. The van der Waals surface area contributed by atoms with E-state index in [4.69, 9.17) is 15.0 Å². The van der Waals surface area contributed by atoms with Crippen LogP contribution >= 0.6 is 0 Å². The van der Waals surface area contributed by atoms with Crippen molar-refractivity contribution in [1.29, 1.82) is 0 Å². The molecule has 1 aromatic heterocycles. The van der Waals surface area contributed by atoms with Crippen LogP contribution in [-0.2, 0) is 0 Å². The summed E-state index contributed by atoms with van der Waals surface area (Å²) in [5.74, 6) is 5.61. The molecule has 0 atom stereocenters. The molecular formula is C26H51N5. The zero-order chi connectivity index (χ0) is 23.6. The summed E-state index contributed by atoms with van der Waals surface area (Å²) >= 11 is 0. The molecule has 0 amide bonds. The molecule has 1 rings (SSSR count). The van der Waals surface area contributed by atoms with E-state index in [0.29, 0.717) is 23.7 Å². The second kappa shape index (κ2) is 13.9. The van der Waals surface area contributed by atoms with Crippen molar-refractivity contribution < 1.29 is 0 Å². The molecule has 0 unspecified atom stereocenters. The van der Waals surface area contributed by atoms with Crippen LogP contribution in [0.3, 0.4) is 0 Å². The van der Waals surface area contributed by atoms with Crippen LogP contribution in [0.25, 0.3) is 0 Å². The molecule has 0 N–H and O–H groups in total. The first-order valence-corrected chi connectivity index (χ1v) is 12.7. The van der Waals surface area contributed by atoms with Gasteiger partial charge in [0.25, 0.3) is 0 Å². The van der Waals surface area contributed by atoms with E-state index in [0.717, 1.165) is 69.6 Å². The first-order valence-electron chi connectivity index (χ1n) is 12.7. The minimum absolute atomic E-state index is 0.287. The summed E-state index contributed by atoms with van der Waals surface area (Å²) in [7, 11) is 0. The lowest BCUT2D eigenvalue weighted by molar-refractivity contribution is 0.521. The van der Waals surface area contributed by atoms with Crippen molar-refractivity contribution in [2.45, 2.75) is 101 Å². The minimum Gasteiger partial charge on any atom is -0.341 e. The minimum atomic E-state index is 0.287. The van der Waals surface area contributed by atoms with Crippen molar-refractivity contribution in [2.75, 3.05) is 36.0 Å². The third kappa shape index (κ3) is 11.2. The summed E-state index contributed by atoms with van der Waals surface area (Å²) in [6.07, 6.45) is 4.61. The highest BCUT2D eigenvalue weighted by molar-refractivity contribution is 5.39. The average Bonchev–Trinajstić information content (AvgIpc) is 2.66. The maximum absolute atomic E-state index is 5.06. The van der Waals surface area contributed by atoms with Gasteiger partial charge in [-0.05, 0) is 49.4 Å². The average molecular weight is 434 g/mol. The van der Waals surface area contributed by atoms with Gasteiger partial charge in [-0.15, -0.1) is 0 Å². The Kier molecular flexibility index (Phi) is 12.4. The van der Waals surface area contributed by atoms with Crippen LogP contribution in [0.4, 0.5) is 11.9 Å². The molecule has 180 valence electrons. The Morgan fingerprint density at radius 1 is 0.484 bits per heavy atom. The summed E-state index contributed by atoms with van der Waals surface area (Å²) in [5, 5.41) is 0. The summed E-state index contributed by atoms with van der Waals surface area (Å²) < 4.78 is 0. The number of aromatic nitrogens is 3. The van der Waals surface area contributed by atoms with Gasteiger partial charge in [-0.3, -0.25) is 0 Å². The zero-order valence-corrected chi connectivity index (χ0v) is 22.3. The highest BCUT2D eigenvalue weighted by Crippen LogP contribution is 2.22. The highest BCUT2D eigenvalue weighted by atomic mass is 15.3. The number of anilines is 2. The third-order valence-corrected chi connectivity index (χ3v) is 5.62. The molecule has 0 aliphatic rings. The first-order chi connectivity index (χ1) is 14.5. The molecule has 0 saturated carbocycles. The standard InChI is InChI=1S/C26H51N5/c1-19(2)11-15-30(16-12-20(3)4)25-27-24(23(9)10)28-26(29-25)31(17-13-21(5)6)18-14-22(7)8/h19-23H,11-18H2,1-10H3. The molecule has 0 aliphatic carbocycles. The maximum Gasteiger partial charge on any atom is 0.230 e. The topological polar surface area (TPSA) is 45.2 Å². The smallest absolute Gasteiger partial charge is 0.230 e. The van der Waals surface area contributed by atoms with E-state index >= 15 is 0 Å². The normalized spacial score (nSPS) is 12.1. The highest BCUT2D eigenvalue weighted by Gasteiger charge is 2.20. The second-order valence-corrected chi connectivity index (χ2v) is 11.2. The molecule has 0 aromatic carbocycles. The van der Waals surface area contributed by atoms with E-state index in [1.807, 2.05) is 0 Å². The third-order valence-electron chi connectivity index (χ3n) is 5.62. The van der Waals surface area contributed by atoms with Crippen LogP contribution in [0.5, 0.6) is 0 Å². The van der Waals surface area contributed by atoms with Gasteiger partial charge >= 0.3 is 0 Å². The molecule has 0 aliphatic heterocycles. The van der Waals surface area contributed by atoms with Gasteiger partial charge in [-0.25, -0.2) is 0 Å². The lowest BCUT2D eigenvalue weighted by atomic mass is 10.1. The second-order valence-electron chi connectivity index (χ2n) is 11.2. The van der Waals surface area contributed by atoms with E-state index in [-0.39, 0.29) is 5.92 Å². The fraction of sp³-hybridized carbons (Fsp3) is 0.885. The Balaban J connectivity index is 3.30. The van der Waals surface area contributed by atoms with Crippen LogP contribution in [0, 0.1) is 23.7 Å². The van der Waals surface area contributed by atoms with Crippen LogP contribution < -0.4 is 9.80 Å². The van der Waals surface area contributed by atoms with E-state index in [9.17, 15) is 0 Å². The largest absolute Gasteiger partial charge is 0.341 e. The summed E-state index contributed by atoms with van der Waals surface area (Å²) in [4.78, 5) is 19.7. The Morgan fingerprint density at radius 2 is 0.774 bits per heavy atom. The maximum atomic E-state index is 5.06. The molecule has 1 heterocycles. The van der Waals surface area contributed by atoms with Crippen LogP contribution in [0.2, 0.25) is 0 Å². The Morgan fingerprint density at radius 3 is 1.00 bits per heavy atom. The Hall–Kier alpha value is -1.39. The van der Waals surface area contributed by atoms with Gasteiger partial charge in [0.2, 0.25) is 11.9 Å². The molecule has 0 fully saturated rings. The number of hydrogen-bond acceptors (Lipinski definition) is 5. The van der Waals surface area contributed by atoms with Crippen molar-refractivity contribution in [1.82, 2.24) is 15.0 Å². The van der Waals surface area contributed by atoms with Crippen LogP contribution in [-0.4, -0.2) is 41.1 Å². The molecule has 5 nitrogen and oxygen atoms in total. The fourth-order valence-corrected chi connectivity index (χ4v) is 3.19. The quantitative estimate of drug-likeness (QED) is 0.304. The van der Waals surface area contributed by atoms with Crippen molar-refractivity contribution in [3.63, 3.8) is 0 Å². The lowest BCUT2D eigenvalue weighted by Crippen LogP contribution is -2.33. The van der Waals surface area contributed by atoms with Gasteiger partial charge in [0, 0.05) is 32.1 Å². The van der Waals surface area contributed by atoms with Crippen molar-refractivity contribution in [3.8, 4) is 0 Å². The zero-order valence-electron chi connectivity index (χ0n) is 22.3. The Bertz CT molecular complexity index is 540. The van der Waals surface area contributed by atoms with Crippen LogP contribution in [0.15, 0.2) is 0 Å². The van der Waals surface area contributed by atoms with Crippen molar-refractivity contribution in [3.05, 3.63) is 5.82 Å². The SMILES string of the molecule is CC(C)CCN(CCC(C)C)c1nc(C(C)C)nc(N(CCC(C)C)CCC(C)C)n1. The summed E-state index contributed by atoms with van der Waals surface area (Å²) in [6.45, 7) is 26.7. The number of hydrogen-bond donors (Lipinski definition) is 0. The van der Waals surface area contributed by atoms with E-state index in [2.05, 4.69) is 79.0 Å². The summed E-state index contributed by atoms with van der Waals surface area (Å²) in [5.41, 5.74) is 0. The van der Waals surface area contributed by atoms with Crippen LogP contribution in [0.1, 0.15) is 107 Å². The van der Waals surface area contributed by atoms with Gasteiger partial charge in [-0.2, -0.15) is 15.0 Å². The number of rotatable bonds is 15. The molecule has 0 spiro atoms. The molecule has 5 heteroatoms. The molecular weight excluding hydrogens is 382 g/mol. The predicted octanol–water partition coefficient (Wildman–Crippen LogP) is 6.79. The summed E-state index contributed by atoms with van der Waals surface area (Å²) in [6, 6.07) is 0. The predicted molar refractivity (Wildman–Crippen MR) is 136 cm³/mol. The van der Waals surface area contributed by atoms with Crippen molar-refractivity contribution in [2.24, 2.45) is 23.7 Å². The van der Waals surface area contributed by atoms with Gasteiger partial charge in [0.1, 0.15) is 5.82 Å². The molecule has 1 aromatic rings. The van der Waals surface area contributed by atoms with E-state index in [1.165, 1.54) is 0 Å². The number of nitrogens with zero attached hydrogens (tertiary/aromatic N) is 5. The van der Waals surface area contributed by atoms with Gasteiger partial charge < -0.3 is 9.80 Å². The fourth-order valence-electron chi connectivity index (χ4n) is 3.19. The molecule has 31 heavy (non-hydrogen) atoms. The van der Waals surface area contributed by atoms with E-state index in [1.54, 1.807) is 0 Å².